The van der Waals surface area contributed by atoms with Gasteiger partial charge in [0.1, 0.15) is 5.58 Å². The van der Waals surface area contributed by atoms with E-state index in [1.165, 1.54) is 4.68 Å². The second-order valence-electron chi connectivity index (χ2n) is 10.8. The average Bonchev–Trinajstić information content (AvgIpc) is 3.41. The van der Waals surface area contributed by atoms with Crippen LogP contribution in [0, 0.1) is 12.3 Å². The molecule has 6 nitrogen and oxygen atoms in total. The summed E-state index contributed by atoms with van der Waals surface area (Å²) in [5.41, 5.74) is 4.26. The fourth-order valence-corrected chi connectivity index (χ4v) is 5.11. The molecule has 0 saturated carbocycles. The fraction of sp³-hybridized carbons (Fsp3) is 0.194. The van der Waals surface area contributed by atoms with Crippen LogP contribution in [0.4, 0.5) is 0 Å². The lowest BCUT2D eigenvalue weighted by Gasteiger charge is -2.21. The number of furan rings is 1. The van der Waals surface area contributed by atoms with E-state index in [4.69, 9.17) is 26.1 Å². The van der Waals surface area contributed by atoms with E-state index in [1.807, 2.05) is 42.5 Å². The maximum atomic E-state index is 13.7. The lowest BCUT2D eigenvalue weighted by molar-refractivity contribution is 0.346. The monoisotopic (exact) mass is 522 g/mol. The third-order valence-corrected chi connectivity index (χ3v) is 6.90. The van der Waals surface area contributed by atoms with Crippen LogP contribution in [0.2, 0.25) is 5.02 Å². The Morgan fingerprint density at radius 1 is 1.00 bits per heavy atom. The minimum atomic E-state index is -0.267. The summed E-state index contributed by atoms with van der Waals surface area (Å²) < 4.78 is 9.75. The van der Waals surface area contributed by atoms with E-state index in [0.29, 0.717) is 33.1 Å². The van der Waals surface area contributed by atoms with Gasteiger partial charge in [0, 0.05) is 39.1 Å². The molecule has 0 saturated heterocycles. The molecule has 0 amide bonds. The molecule has 3 heterocycles. The van der Waals surface area contributed by atoms with Gasteiger partial charge < -0.3 is 8.98 Å². The second-order valence-corrected chi connectivity index (χ2v) is 11.2. The molecule has 0 spiro atoms. The minimum Gasteiger partial charge on any atom is -0.453 e. The molecular formula is C31H27ClN4O2. The van der Waals surface area contributed by atoms with Crippen molar-refractivity contribution >= 4 is 50.6 Å². The number of hydrogen-bond acceptors (Lipinski definition) is 4. The van der Waals surface area contributed by atoms with Gasteiger partial charge in [0.2, 0.25) is 5.82 Å². The Hall–Kier alpha value is -4.16. The highest BCUT2D eigenvalue weighted by molar-refractivity contribution is 6.31. The van der Waals surface area contributed by atoms with Crippen LogP contribution in [0.15, 0.2) is 87.1 Å². The molecule has 0 fully saturated rings. The summed E-state index contributed by atoms with van der Waals surface area (Å²) in [6.07, 6.45) is 1.76. The van der Waals surface area contributed by atoms with Crippen LogP contribution in [0.3, 0.4) is 0 Å². The molecule has 0 radical (unpaired) electrons. The van der Waals surface area contributed by atoms with E-state index >= 15 is 0 Å². The number of fused-ring (bicyclic) bond motifs is 3. The van der Waals surface area contributed by atoms with Gasteiger partial charge in [0.05, 0.1) is 17.1 Å². The molecule has 7 heteroatoms. The molecule has 6 rings (SSSR count). The highest BCUT2D eigenvalue weighted by atomic mass is 35.5. The first kappa shape index (κ1) is 24.2. The number of aromatic nitrogens is 3. The first-order valence-electron chi connectivity index (χ1n) is 12.5. The smallest absolute Gasteiger partial charge is 0.282 e. The molecule has 38 heavy (non-hydrogen) atoms. The van der Waals surface area contributed by atoms with Gasteiger partial charge in [-0.15, -0.1) is 0 Å². The summed E-state index contributed by atoms with van der Waals surface area (Å²) in [6, 6.07) is 22.8. The predicted molar refractivity (Wildman–Crippen MR) is 155 cm³/mol. The van der Waals surface area contributed by atoms with E-state index in [-0.39, 0.29) is 11.0 Å². The van der Waals surface area contributed by atoms with E-state index in [0.717, 1.165) is 34.1 Å². The first-order chi connectivity index (χ1) is 18.2. The third-order valence-electron chi connectivity index (χ3n) is 6.67. The van der Waals surface area contributed by atoms with Gasteiger partial charge in [-0.2, -0.15) is 9.78 Å². The summed E-state index contributed by atoms with van der Waals surface area (Å²) in [5, 5.41) is 7.73. The van der Waals surface area contributed by atoms with Crippen molar-refractivity contribution in [1.82, 2.24) is 14.2 Å². The van der Waals surface area contributed by atoms with Gasteiger partial charge in [-0.3, -0.25) is 4.79 Å². The molecule has 6 aromatic rings. The normalized spacial score (nSPS) is 12.4. The van der Waals surface area contributed by atoms with Crippen LogP contribution in [0.5, 0.6) is 0 Å². The summed E-state index contributed by atoms with van der Waals surface area (Å²) in [4.78, 5) is 18.5. The molecule has 0 atom stereocenters. The van der Waals surface area contributed by atoms with Crippen LogP contribution in [-0.2, 0) is 6.54 Å². The molecular weight excluding hydrogens is 496 g/mol. The second kappa shape index (κ2) is 8.99. The van der Waals surface area contributed by atoms with Crippen molar-refractivity contribution < 1.29 is 4.42 Å². The van der Waals surface area contributed by atoms with Crippen LogP contribution in [-0.4, -0.2) is 20.4 Å². The highest BCUT2D eigenvalue weighted by Gasteiger charge is 2.20. The standard InChI is InChI=1S/C31H27ClN4O2/c1-19-24(22-9-6-8-12-26(22)35(19)18-31(2,3)4)17-33-36-29(34-25-11-7-5-10-23(25)30(36)37)28-16-20-15-21(32)13-14-27(20)38-28/h5-17H,18H2,1-4H3. The molecule has 0 aliphatic rings. The summed E-state index contributed by atoms with van der Waals surface area (Å²) in [6.45, 7) is 9.63. The maximum absolute atomic E-state index is 13.7. The Morgan fingerprint density at radius 3 is 2.53 bits per heavy atom. The van der Waals surface area contributed by atoms with Gasteiger partial charge >= 0.3 is 0 Å². The Kier molecular flexibility index (Phi) is 5.73. The van der Waals surface area contributed by atoms with E-state index < -0.39 is 0 Å². The Labute approximate surface area is 224 Å². The lowest BCUT2D eigenvalue weighted by atomic mass is 9.96. The molecule has 0 aliphatic carbocycles. The van der Waals surface area contributed by atoms with Crippen molar-refractivity contribution in [3.8, 4) is 11.6 Å². The fourth-order valence-electron chi connectivity index (χ4n) is 4.93. The van der Waals surface area contributed by atoms with Crippen LogP contribution in [0.1, 0.15) is 32.0 Å². The van der Waals surface area contributed by atoms with Crippen LogP contribution < -0.4 is 5.56 Å². The minimum absolute atomic E-state index is 0.0948. The number of nitrogens with zero attached hydrogens (tertiary/aromatic N) is 4. The molecule has 0 aliphatic heterocycles. The first-order valence-corrected chi connectivity index (χ1v) is 12.9. The van der Waals surface area contributed by atoms with Gasteiger partial charge in [-0.25, -0.2) is 4.98 Å². The van der Waals surface area contributed by atoms with E-state index in [2.05, 4.69) is 44.4 Å². The number of para-hydroxylation sites is 2. The number of benzene rings is 3. The van der Waals surface area contributed by atoms with Crippen molar-refractivity contribution in [2.75, 3.05) is 0 Å². The summed E-state index contributed by atoms with van der Waals surface area (Å²) >= 11 is 6.19. The Morgan fingerprint density at radius 2 is 1.74 bits per heavy atom. The molecule has 0 bridgehead atoms. The molecule has 3 aromatic carbocycles. The van der Waals surface area contributed by atoms with Crippen molar-refractivity contribution in [2.24, 2.45) is 10.5 Å². The van der Waals surface area contributed by atoms with Gasteiger partial charge in [0.15, 0.2) is 5.76 Å². The number of halogens is 1. The Balaban J connectivity index is 1.57. The van der Waals surface area contributed by atoms with Crippen molar-refractivity contribution in [1.29, 1.82) is 0 Å². The topological polar surface area (TPSA) is 65.3 Å². The summed E-state index contributed by atoms with van der Waals surface area (Å²) in [7, 11) is 0. The number of hydrogen-bond donors (Lipinski definition) is 0. The van der Waals surface area contributed by atoms with Crippen molar-refractivity contribution in [3.05, 3.63) is 99.4 Å². The maximum Gasteiger partial charge on any atom is 0.282 e. The zero-order chi connectivity index (χ0) is 26.6. The van der Waals surface area contributed by atoms with Gasteiger partial charge in [0.25, 0.3) is 5.56 Å². The Bertz CT molecular complexity index is 1940. The van der Waals surface area contributed by atoms with Crippen molar-refractivity contribution in [3.63, 3.8) is 0 Å². The highest BCUT2D eigenvalue weighted by Crippen LogP contribution is 2.30. The SMILES string of the molecule is Cc1c(C=Nn2c(-c3cc4cc(Cl)ccc4o3)nc3ccccc3c2=O)c2ccccc2n1CC(C)(C)C. The molecule has 3 aromatic heterocycles. The zero-order valence-electron chi connectivity index (χ0n) is 21.7. The molecule has 0 unspecified atom stereocenters. The predicted octanol–water partition coefficient (Wildman–Crippen LogP) is 7.65. The largest absolute Gasteiger partial charge is 0.453 e. The molecule has 0 N–H and O–H groups in total. The van der Waals surface area contributed by atoms with E-state index in [9.17, 15) is 4.79 Å². The summed E-state index contributed by atoms with van der Waals surface area (Å²) in [5.74, 6) is 0.766. The average molecular weight is 523 g/mol. The van der Waals surface area contributed by atoms with Crippen molar-refractivity contribution in [2.45, 2.75) is 34.2 Å². The van der Waals surface area contributed by atoms with Crippen LogP contribution >= 0.6 is 11.6 Å². The third kappa shape index (κ3) is 4.21. The van der Waals surface area contributed by atoms with Gasteiger partial charge in [-0.05, 0) is 54.8 Å². The quantitative estimate of drug-likeness (QED) is 0.223. The number of rotatable bonds is 4. The zero-order valence-corrected chi connectivity index (χ0v) is 22.5. The van der Waals surface area contributed by atoms with E-state index in [1.54, 1.807) is 24.4 Å². The van der Waals surface area contributed by atoms with Gasteiger partial charge in [-0.1, -0.05) is 62.7 Å². The van der Waals surface area contributed by atoms with Crippen LogP contribution in [0.25, 0.3) is 44.4 Å². The molecule has 190 valence electrons. The lowest BCUT2D eigenvalue weighted by Crippen LogP contribution is -2.20.